The Labute approximate surface area is 128 Å². The summed E-state index contributed by atoms with van der Waals surface area (Å²) in [5, 5.41) is 9.15. The van der Waals surface area contributed by atoms with Crippen molar-refractivity contribution >= 4 is 12.4 Å². The van der Waals surface area contributed by atoms with Crippen molar-refractivity contribution in [3.63, 3.8) is 0 Å². The van der Waals surface area contributed by atoms with Crippen molar-refractivity contribution < 1.29 is 23.0 Å². The molecule has 0 bridgehead atoms. The molecule has 7 heteroatoms. The number of nitrogens with zero attached hydrogens (tertiary/aromatic N) is 1. The maximum atomic E-state index is 12.4. The third-order valence-corrected chi connectivity index (χ3v) is 3.33. The number of piperidine rings is 1. The van der Waals surface area contributed by atoms with Crippen molar-refractivity contribution in [3.05, 3.63) is 24.3 Å². The minimum Gasteiger partial charge on any atom is -0.508 e. The molecule has 120 valence electrons. The molecular formula is C14H19ClF3NO2. The smallest absolute Gasteiger partial charge is 0.401 e. The summed E-state index contributed by atoms with van der Waals surface area (Å²) in [7, 11) is 0. The topological polar surface area (TPSA) is 32.7 Å². The molecule has 1 heterocycles. The summed E-state index contributed by atoms with van der Waals surface area (Å²) in [5.41, 5.74) is 0. The van der Waals surface area contributed by atoms with Gasteiger partial charge in [-0.05, 0) is 43.7 Å². The summed E-state index contributed by atoms with van der Waals surface area (Å²) in [4.78, 5) is 1.44. The number of aromatic hydroxyl groups is 1. The fourth-order valence-electron chi connectivity index (χ4n) is 2.44. The first-order valence-corrected chi connectivity index (χ1v) is 6.63. The van der Waals surface area contributed by atoms with Crippen LogP contribution in [-0.4, -0.2) is 42.4 Å². The van der Waals surface area contributed by atoms with Crippen molar-refractivity contribution in [1.29, 1.82) is 0 Å². The molecular weight excluding hydrogens is 307 g/mol. The molecule has 21 heavy (non-hydrogen) atoms. The van der Waals surface area contributed by atoms with Crippen LogP contribution in [0, 0.1) is 5.92 Å². The maximum absolute atomic E-state index is 12.4. The minimum absolute atomic E-state index is 0. The van der Waals surface area contributed by atoms with E-state index in [4.69, 9.17) is 9.84 Å². The highest BCUT2D eigenvalue weighted by Gasteiger charge is 2.33. The highest BCUT2D eigenvalue weighted by Crippen LogP contribution is 2.23. The third-order valence-electron chi connectivity index (χ3n) is 3.33. The number of phenolic OH excluding ortho intramolecular Hbond substituents is 1. The van der Waals surface area contributed by atoms with E-state index >= 15 is 0 Å². The van der Waals surface area contributed by atoms with E-state index in [1.165, 1.54) is 17.0 Å². The highest BCUT2D eigenvalue weighted by atomic mass is 35.5. The van der Waals surface area contributed by atoms with Gasteiger partial charge in [0.05, 0.1) is 13.2 Å². The average molecular weight is 326 g/mol. The van der Waals surface area contributed by atoms with Gasteiger partial charge in [0, 0.05) is 12.5 Å². The molecule has 1 aromatic rings. The van der Waals surface area contributed by atoms with Crippen LogP contribution in [-0.2, 0) is 0 Å². The molecule has 0 amide bonds. The molecule has 1 aromatic carbocycles. The molecule has 1 aliphatic rings. The van der Waals surface area contributed by atoms with Gasteiger partial charge in [-0.2, -0.15) is 13.2 Å². The van der Waals surface area contributed by atoms with Gasteiger partial charge in [-0.1, -0.05) is 0 Å². The number of alkyl halides is 3. The normalized spacial score (nSPS) is 19.9. The number of hydrogen-bond acceptors (Lipinski definition) is 3. The second-order valence-electron chi connectivity index (χ2n) is 5.16. The van der Waals surface area contributed by atoms with Crippen LogP contribution >= 0.6 is 12.4 Å². The van der Waals surface area contributed by atoms with Crippen molar-refractivity contribution in [2.45, 2.75) is 19.0 Å². The average Bonchev–Trinajstić information content (AvgIpc) is 2.36. The molecule has 0 aliphatic carbocycles. The molecule has 1 fully saturated rings. The van der Waals surface area contributed by atoms with Gasteiger partial charge in [0.25, 0.3) is 0 Å². The Morgan fingerprint density at radius 2 is 1.90 bits per heavy atom. The van der Waals surface area contributed by atoms with Crippen molar-refractivity contribution in [3.8, 4) is 11.5 Å². The first-order chi connectivity index (χ1) is 9.42. The predicted molar refractivity (Wildman–Crippen MR) is 76.1 cm³/mol. The number of ether oxygens (including phenoxy) is 1. The fourth-order valence-corrected chi connectivity index (χ4v) is 2.44. The lowest BCUT2D eigenvalue weighted by Crippen LogP contribution is -2.42. The van der Waals surface area contributed by atoms with Crippen LogP contribution in [0.15, 0.2) is 24.3 Å². The van der Waals surface area contributed by atoms with E-state index in [0.717, 1.165) is 12.8 Å². The first kappa shape index (κ1) is 17.9. The maximum Gasteiger partial charge on any atom is 0.401 e. The van der Waals surface area contributed by atoms with Gasteiger partial charge in [0.15, 0.2) is 0 Å². The summed E-state index contributed by atoms with van der Waals surface area (Å²) in [6.07, 6.45) is -2.49. The summed E-state index contributed by atoms with van der Waals surface area (Å²) in [6.45, 7) is 0.467. The van der Waals surface area contributed by atoms with Gasteiger partial charge >= 0.3 is 6.18 Å². The van der Waals surface area contributed by atoms with Gasteiger partial charge < -0.3 is 9.84 Å². The fraction of sp³-hybridized carbons (Fsp3) is 0.571. The molecule has 1 N–H and O–H groups in total. The van der Waals surface area contributed by atoms with E-state index in [1.54, 1.807) is 12.1 Å². The first-order valence-electron chi connectivity index (χ1n) is 6.63. The number of likely N-dealkylation sites (tertiary alicyclic amines) is 1. The second-order valence-corrected chi connectivity index (χ2v) is 5.16. The number of phenols is 1. The molecule has 0 radical (unpaired) electrons. The molecule has 1 atom stereocenters. The van der Waals surface area contributed by atoms with Crippen molar-refractivity contribution in [2.75, 3.05) is 26.2 Å². The van der Waals surface area contributed by atoms with Crippen LogP contribution in [0.3, 0.4) is 0 Å². The summed E-state index contributed by atoms with van der Waals surface area (Å²) >= 11 is 0. The van der Waals surface area contributed by atoms with E-state index in [0.29, 0.717) is 25.4 Å². The Bertz CT molecular complexity index is 425. The van der Waals surface area contributed by atoms with Gasteiger partial charge in [0.2, 0.25) is 0 Å². The highest BCUT2D eigenvalue weighted by molar-refractivity contribution is 5.85. The van der Waals surface area contributed by atoms with E-state index in [-0.39, 0.29) is 24.1 Å². The van der Waals surface area contributed by atoms with Gasteiger partial charge in [-0.3, -0.25) is 4.90 Å². The monoisotopic (exact) mass is 325 g/mol. The number of benzene rings is 1. The standard InChI is InChI=1S/C14H18F3NO2.ClH/c15-14(16,17)10-18-7-1-2-11(8-18)9-20-13-5-3-12(19)4-6-13;/h3-6,11,19H,1-2,7-10H2;1H/t11-;/m1./s1. The third kappa shape index (κ3) is 6.44. The van der Waals surface area contributed by atoms with Crippen LogP contribution in [0.4, 0.5) is 13.2 Å². The van der Waals surface area contributed by atoms with Crippen LogP contribution in [0.2, 0.25) is 0 Å². The molecule has 2 rings (SSSR count). The quantitative estimate of drug-likeness (QED) is 0.920. The van der Waals surface area contributed by atoms with E-state index in [9.17, 15) is 13.2 Å². The predicted octanol–water partition coefficient (Wildman–Crippen LogP) is 3.47. The molecule has 0 unspecified atom stereocenters. The molecule has 0 spiro atoms. The van der Waals surface area contributed by atoms with Crippen molar-refractivity contribution in [1.82, 2.24) is 4.90 Å². The Balaban J connectivity index is 0.00000220. The summed E-state index contributed by atoms with van der Waals surface area (Å²) in [6, 6.07) is 6.33. The van der Waals surface area contributed by atoms with Crippen LogP contribution < -0.4 is 4.74 Å². The summed E-state index contributed by atoms with van der Waals surface area (Å²) in [5.74, 6) is 0.891. The minimum atomic E-state index is -4.14. The summed E-state index contributed by atoms with van der Waals surface area (Å²) < 4.78 is 42.6. The van der Waals surface area contributed by atoms with Crippen LogP contribution in [0.5, 0.6) is 11.5 Å². The van der Waals surface area contributed by atoms with Crippen LogP contribution in [0.1, 0.15) is 12.8 Å². The zero-order chi connectivity index (χ0) is 14.6. The zero-order valence-electron chi connectivity index (χ0n) is 11.5. The Hall–Kier alpha value is -1.14. The number of halogens is 4. The van der Waals surface area contributed by atoms with Gasteiger partial charge in [0.1, 0.15) is 11.5 Å². The van der Waals surface area contributed by atoms with E-state index < -0.39 is 12.7 Å². The lowest BCUT2D eigenvalue weighted by molar-refractivity contribution is -0.149. The molecule has 0 saturated carbocycles. The SMILES string of the molecule is Cl.Oc1ccc(OC[C@@H]2CCCN(CC(F)(F)F)C2)cc1. The number of rotatable bonds is 4. The Morgan fingerprint density at radius 3 is 2.52 bits per heavy atom. The lowest BCUT2D eigenvalue weighted by Gasteiger charge is -2.32. The van der Waals surface area contributed by atoms with Gasteiger partial charge in [-0.15, -0.1) is 12.4 Å². The zero-order valence-corrected chi connectivity index (χ0v) is 12.3. The Kier molecular flexibility index (Phi) is 6.61. The largest absolute Gasteiger partial charge is 0.508 e. The number of hydrogen-bond donors (Lipinski definition) is 1. The molecule has 0 aromatic heterocycles. The lowest BCUT2D eigenvalue weighted by atomic mass is 9.99. The van der Waals surface area contributed by atoms with Crippen LogP contribution in [0.25, 0.3) is 0 Å². The van der Waals surface area contributed by atoms with Crippen molar-refractivity contribution in [2.24, 2.45) is 5.92 Å². The van der Waals surface area contributed by atoms with E-state index in [1.807, 2.05) is 0 Å². The van der Waals surface area contributed by atoms with E-state index in [2.05, 4.69) is 0 Å². The molecule has 1 aliphatic heterocycles. The second kappa shape index (κ2) is 7.75. The Morgan fingerprint density at radius 1 is 1.24 bits per heavy atom. The molecule has 1 saturated heterocycles. The molecule has 3 nitrogen and oxygen atoms in total. The van der Waals surface area contributed by atoms with Gasteiger partial charge in [-0.25, -0.2) is 0 Å².